The number of amides is 1. The van der Waals surface area contributed by atoms with Gasteiger partial charge in [0.05, 0.1) is 0 Å². The van der Waals surface area contributed by atoms with Gasteiger partial charge in [0.15, 0.2) is 0 Å². The highest BCUT2D eigenvalue weighted by Crippen LogP contribution is 2.21. The monoisotopic (exact) mass is 284 g/mol. The fourth-order valence-corrected chi connectivity index (χ4v) is 1.72. The number of aryl methyl sites for hydroxylation is 1. The first-order chi connectivity index (χ1) is 7.54. The number of rotatable bonds is 4. The van der Waals surface area contributed by atoms with Gasteiger partial charge >= 0.3 is 0 Å². The van der Waals surface area contributed by atoms with Crippen molar-refractivity contribution in [1.29, 1.82) is 0 Å². The van der Waals surface area contributed by atoms with Crippen molar-refractivity contribution in [2.24, 2.45) is 0 Å². The molecule has 0 fully saturated rings. The zero-order valence-corrected chi connectivity index (χ0v) is 11.5. The molecule has 1 rings (SSSR count). The number of halogens is 1. The van der Waals surface area contributed by atoms with E-state index in [0.29, 0.717) is 11.8 Å². The van der Waals surface area contributed by atoms with Crippen LogP contribution in [-0.4, -0.2) is 25.3 Å². The van der Waals surface area contributed by atoms with Crippen LogP contribution in [0.15, 0.2) is 18.2 Å². The first-order valence-electron chi connectivity index (χ1n) is 5.18. The summed E-state index contributed by atoms with van der Waals surface area (Å²) in [6, 6.07) is 6.00. The van der Waals surface area contributed by atoms with Gasteiger partial charge in [-0.05, 0) is 30.7 Å². The molecular weight excluding hydrogens is 268 g/mol. The molecule has 3 nitrogen and oxygen atoms in total. The van der Waals surface area contributed by atoms with Gasteiger partial charge in [0.1, 0.15) is 0 Å². The minimum Gasteiger partial charge on any atom is -0.378 e. The topological polar surface area (TPSA) is 32.3 Å². The van der Waals surface area contributed by atoms with E-state index in [4.69, 9.17) is 0 Å². The fraction of sp³-hybridized carbons (Fsp3) is 0.417. The molecular formula is C12H17BrN2O. The average Bonchev–Trinajstić information content (AvgIpc) is 2.21. The maximum Gasteiger partial charge on any atom is 0.225 e. The van der Waals surface area contributed by atoms with Gasteiger partial charge in [-0.3, -0.25) is 4.79 Å². The minimum atomic E-state index is 0.0394. The van der Waals surface area contributed by atoms with Crippen molar-refractivity contribution in [2.45, 2.75) is 13.3 Å². The summed E-state index contributed by atoms with van der Waals surface area (Å²) in [4.78, 5) is 13.5. The number of hydrogen-bond acceptors (Lipinski definition) is 2. The van der Waals surface area contributed by atoms with Crippen molar-refractivity contribution in [1.82, 2.24) is 0 Å². The first kappa shape index (κ1) is 13.0. The molecule has 1 amide bonds. The van der Waals surface area contributed by atoms with E-state index in [0.717, 1.165) is 16.9 Å². The van der Waals surface area contributed by atoms with Crippen molar-refractivity contribution in [3.05, 3.63) is 23.8 Å². The number of benzene rings is 1. The zero-order chi connectivity index (χ0) is 12.1. The number of anilines is 2. The number of carbonyl (C=O) groups excluding carboxylic acids is 1. The summed E-state index contributed by atoms with van der Waals surface area (Å²) >= 11 is 3.25. The number of nitrogens with zero attached hydrogens (tertiary/aromatic N) is 1. The van der Waals surface area contributed by atoms with Crippen molar-refractivity contribution in [3.63, 3.8) is 0 Å². The van der Waals surface area contributed by atoms with Crippen LogP contribution in [0.3, 0.4) is 0 Å². The molecule has 1 aromatic rings. The maximum atomic E-state index is 11.4. The second kappa shape index (κ2) is 5.89. The molecule has 1 N–H and O–H groups in total. The Bertz CT molecular complexity index is 377. The van der Waals surface area contributed by atoms with E-state index in [2.05, 4.69) is 27.3 Å². The normalized spacial score (nSPS) is 10.0. The number of nitrogens with one attached hydrogen (secondary N) is 1. The van der Waals surface area contributed by atoms with Crippen LogP contribution in [0.2, 0.25) is 0 Å². The summed E-state index contributed by atoms with van der Waals surface area (Å²) in [5.41, 5.74) is 3.10. The Balaban J connectivity index is 2.79. The predicted octanol–water partition coefficient (Wildman–Crippen LogP) is 2.78. The molecule has 0 heterocycles. The van der Waals surface area contributed by atoms with E-state index in [1.54, 1.807) is 0 Å². The second-order valence-electron chi connectivity index (χ2n) is 3.88. The van der Waals surface area contributed by atoms with Crippen LogP contribution in [0.4, 0.5) is 11.4 Å². The minimum absolute atomic E-state index is 0.0394. The van der Waals surface area contributed by atoms with Crippen LogP contribution >= 0.6 is 15.9 Å². The maximum absolute atomic E-state index is 11.4. The van der Waals surface area contributed by atoms with E-state index in [1.165, 1.54) is 0 Å². The van der Waals surface area contributed by atoms with Crippen molar-refractivity contribution in [3.8, 4) is 0 Å². The molecule has 0 saturated heterocycles. The molecule has 0 radical (unpaired) electrons. The Morgan fingerprint density at radius 1 is 1.44 bits per heavy atom. The lowest BCUT2D eigenvalue weighted by atomic mass is 10.1. The van der Waals surface area contributed by atoms with Gasteiger partial charge in [0.2, 0.25) is 5.91 Å². The third-order valence-corrected chi connectivity index (χ3v) is 2.72. The van der Waals surface area contributed by atoms with Crippen molar-refractivity contribution < 1.29 is 4.79 Å². The smallest absolute Gasteiger partial charge is 0.225 e. The zero-order valence-electron chi connectivity index (χ0n) is 9.88. The number of carbonyl (C=O) groups is 1. The molecule has 0 saturated carbocycles. The summed E-state index contributed by atoms with van der Waals surface area (Å²) in [5, 5.41) is 3.58. The Labute approximate surface area is 105 Å². The predicted molar refractivity (Wildman–Crippen MR) is 72.5 cm³/mol. The molecule has 0 bridgehead atoms. The molecule has 0 unspecified atom stereocenters. The molecule has 0 aliphatic heterocycles. The van der Waals surface area contributed by atoms with E-state index in [-0.39, 0.29) is 5.91 Å². The first-order valence-corrected chi connectivity index (χ1v) is 6.30. The molecule has 1 aromatic carbocycles. The molecule has 88 valence electrons. The Kier molecular flexibility index (Phi) is 4.80. The van der Waals surface area contributed by atoms with E-state index in [1.807, 2.05) is 38.1 Å². The standard InChI is InChI=1S/C12H17BrN2O/c1-9-8-10(15(2)3)4-5-11(9)14-12(16)6-7-13/h4-5,8H,6-7H2,1-3H3,(H,14,16). The summed E-state index contributed by atoms with van der Waals surface area (Å²) in [6.07, 6.45) is 0.495. The van der Waals surface area contributed by atoms with Gasteiger partial charge in [-0.2, -0.15) is 0 Å². The highest BCUT2D eigenvalue weighted by atomic mass is 79.9. The average molecular weight is 285 g/mol. The summed E-state index contributed by atoms with van der Waals surface area (Å²) in [6.45, 7) is 2.00. The van der Waals surface area contributed by atoms with E-state index >= 15 is 0 Å². The lowest BCUT2D eigenvalue weighted by Crippen LogP contribution is -2.13. The SMILES string of the molecule is Cc1cc(N(C)C)ccc1NC(=O)CCBr. The Morgan fingerprint density at radius 3 is 2.62 bits per heavy atom. The van der Waals surface area contributed by atoms with Crippen LogP contribution in [0.25, 0.3) is 0 Å². The number of alkyl halides is 1. The van der Waals surface area contributed by atoms with Crippen molar-refractivity contribution >= 4 is 33.2 Å². The highest BCUT2D eigenvalue weighted by molar-refractivity contribution is 9.09. The van der Waals surface area contributed by atoms with Crippen LogP contribution in [0, 0.1) is 6.92 Å². The summed E-state index contributed by atoms with van der Waals surface area (Å²) in [7, 11) is 4.00. The van der Waals surface area contributed by atoms with Crippen molar-refractivity contribution in [2.75, 3.05) is 29.6 Å². The molecule has 16 heavy (non-hydrogen) atoms. The highest BCUT2D eigenvalue weighted by Gasteiger charge is 2.05. The van der Waals surface area contributed by atoms with Crippen LogP contribution < -0.4 is 10.2 Å². The molecule has 0 spiro atoms. The molecule has 0 atom stereocenters. The molecule has 0 aromatic heterocycles. The van der Waals surface area contributed by atoms with Gasteiger partial charge in [-0.15, -0.1) is 0 Å². The van der Waals surface area contributed by atoms with Gasteiger partial charge in [0, 0.05) is 37.2 Å². The van der Waals surface area contributed by atoms with Gasteiger partial charge in [-0.1, -0.05) is 15.9 Å². The fourth-order valence-electron chi connectivity index (χ4n) is 1.36. The molecule has 0 aliphatic carbocycles. The van der Waals surface area contributed by atoms with E-state index in [9.17, 15) is 4.79 Å². The van der Waals surface area contributed by atoms with E-state index < -0.39 is 0 Å². The van der Waals surface area contributed by atoms with Gasteiger partial charge < -0.3 is 10.2 Å². The van der Waals surface area contributed by atoms with Crippen LogP contribution in [-0.2, 0) is 4.79 Å². The van der Waals surface area contributed by atoms with Gasteiger partial charge in [0.25, 0.3) is 0 Å². The quantitative estimate of drug-likeness (QED) is 0.863. The largest absolute Gasteiger partial charge is 0.378 e. The lowest BCUT2D eigenvalue weighted by Gasteiger charge is -2.15. The Hall–Kier alpha value is -1.03. The third kappa shape index (κ3) is 3.52. The second-order valence-corrected chi connectivity index (χ2v) is 4.67. The van der Waals surface area contributed by atoms with Gasteiger partial charge in [-0.25, -0.2) is 0 Å². The number of hydrogen-bond donors (Lipinski definition) is 1. The van der Waals surface area contributed by atoms with Crippen LogP contribution in [0.1, 0.15) is 12.0 Å². The Morgan fingerprint density at radius 2 is 2.12 bits per heavy atom. The lowest BCUT2D eigenvalue weighted by molar-refractivity contribution is -0.115. The summed E-state index contributed by atoms with van der Waals surface area (Å²) < 4.78 is 0. The third-order valence-electron chi connectivity index (χ3n) is 2.32. The molecule has 0 aliphatic rings. The van der Waals surface area contributed by atoms with Crippen LogP contribution in [0.5, 0.6) is 0 Å². The molecule has 4 heteroatoms. The summed E-state index contributed by atoms with van der Waals surface area (Å²) in [5.74, 6) is 0.0394.